The van der Waals surface area contributed by atoms with Crippen molar-refractivity contribution in [3.05, 3.63) is 35.1 Å². The largest absolute Gasteiger partial charge is 0.424 e. The molecule has 0 aliphatic carbocycles. The lowest BCUT2D eigenvalue weighted by atomic mass is 10.2. The lowest BCUT2D eigenvalue weighted by Crippen LogP contribution is -2.04. The number of nitrogens with zero attached hydrogens (tertiary/aromatic N) is 3. The quantitative estimate of drug-likeness (QED) is 0.909. The molecule has 6 heteroatoms. The van der Waals surface area contributed by atoms with Gasteiger partial charge in [-0.05, 0) is 42.6 Å². The molecule has 0 atom stereocenters. The van der Waals surface area contributed by atoms with Gasteiger partial charge in [0.25, 0.3) is 0 Å². The Bertz CT molecular complexity index is 562. The van der Waals surface area contributed by atoms with Gasteiger partial charge in [-0.15, -0.1) is 0 Å². The van der Waals surface area contributed by atoms with Crippen molar-refractivity contribution >= 4 is 17.5 Å². The van der Waals surface area contributed by atoms with Gasteiger partial charge in [0.1, 0.15) is 5.75 Å². The van der Waals surface area contributed by atoms with E-state index in [1.807, 2.05) is 31.2 Å². The summed E-state index contributed by atoms with van der Waals surface area (Å²) in [6, 6.07) is 7.96. The van der Waals surface area contributed by atoms with Crippen LogP contribution in [0.25, 0.3) is 0 Å². The summed E-state index contributed by atoms with van der Waals surface area (Å²) in [5.74, 6) is 1.09. The summed E-state index contributed by atoms with van der Waals surface area (Å²) in [7, 11) is 0. The maximum Gasteiger partial charge on any atom is 0.328 e. The molecule has 19 heavy (non-hydrogen) atoms. The molecule has 0 aliphatic rings. The van der Waals surface area contributed by atoms with Crippen molar-refractivity contribution in [2.45, 2.75) is 20.3 Å². The molecule has 0 amide bonds. The molecule has 0 aliphatic heterocycles. The van der Waals surface area contributed by atoms with Gasteiger partial charge in [0.2, 0.25) is 11.2 Å². The Kier molecular flexibility index (Phi) is 4.52. The van der Waals surface area contributed by atoms with Crippen LogP contribution in [0, 0.1) is 0 Å². The number of aryl methyl sites for hydroxylation is 1. The molecule has 0 fully saturated rings. The number of anilines is 1. The molecule has 0 saturated heterocycles. The van der Waals surface area contributed by atoms with Gasteiger partial charge in [-0.1, -0.05) is 19.1 Å². The van der Waals surface area contributed by atoms with Crippen molar-refractivity contribution in [1.82, 2.24) is 15.0 Å². The molecule has 100 valence electrons. The Morgan fingerprint density at radius 3 is 2.79 bits per heavy atom. The lowest BCUT2D eigenvalue weighted by Gasteiger charge is -2.07. The predicted octanol–water partition coefficient (Wildman–Crippen LogP) is 3.31. The van der Waals surface area contributed by atoms with Crippen LogP contribution in [0.1, 0.15) is 19.4 Å². The molecule has 2 aromatic rings. The zero-order valence-corrected chi connectivity index (χ0v) is 11.6. The highest BCUT2D eigenvalue weighted by Gasteiger charge is 2.06. The highest BCUT2D eigenvalue weighted by molar-refractivity contribution is 6.28. The monoisotopic (exact) mass is 278 g/mol. The Labute approximate surface area is 117 Å². The van der Waals surface area contributed by atoms with E-state index in [0.717, 1.165) is 6.42 Å². The lowest BCUT2D eigenvalue weighted by molar-refractivity contribution is 0.440. The number of aromatic nitrogens is 3. The Morgan fingerprint density at radius 2 is 2.05 bits per heavy atom. The highest BCUT2D eigenvalue weighted by Crippen LogP contribution is 2.21. The van der Waals surface area contributed by atoms with E-state index >= 15 is 0 Å². The number of ether oxygens (including phenoxy) is 1. The molecule has 0 saturated carbocycles. The van der Waals surface area contributed by atoms with Crippen LogP contribution < -0.4 is 10.1 Å². The maximum absolute atomic E-state index is 5.83. The van der Waals surface area contributed by atoms with Crippen LogP contribution in [-0.2, 0) is 6.42 Å². The van der Waals surface area contributed by atoms with Crippen LogP contribution in [0.3, 0.4) is 0 Å². The molecule has 0 spiro atoms. The summed E-state index contributed by atoms with van der Waals surface area (Å²) in [4.78, 5) is 12.0. The molecule has 5 nitrogen and oxygen atoms in total. The van der Waals surface area contributed by atoms with Gasteiger partial charge in [-0.25, -0.2) is 0 Å². The molecular formula is C13H15ClN4O. The fourth-order valence-corrected chi connectivity index (χ4v) is 1.70. The second-order valence-corrected chi connectivity index (χ2v) is 4.18. The number of rotatable bonds is 5. The van der Waals surface area contributed by atoms with Crippen LogP contribution in [0.15, 0.2) is 24.3 Å². The first kappa shape index (κ1) is 13.5. The van der Waals surface area contributed by atoms with Crippen LogP contribution >= 0.6 is 11.6 Å². The van der Waals surface area contributed by atoms with Crippen LogP contribution in [-0.4, -0.2) is 21.5 Å². The second kappa shape index (κ2) is 6.33. The first-order valence-corrected chi connectivity index (χ1v) is 6.51. The van der Waals surface area contributed by atoms with Crippen molar-refractivity contribution < 1.29 is 4.74 Å². The van der Waals surface area contributed by atoms with Gasteiger partial charge in [0.05, 0.1) is 0 Å². The summed E-state index contributed by atoms with van der Waals surface area (Å²) < 4.78 is 5.60. The third-order valence-electron chi connectivity index (χ3n) is 2.44. The second-order valence-electron chi connectivity index (χ2n) is 3.84. The molecular weight excluding hydrogens is 264 g/mol. The van der Waals surface area contributed by atoms with Gasteiger partial charge in [0.15, 0.2) is 0 Å². The molecule has 0 bridgehead atoms. The van der Waals surface area contributed by atoms with Gasteiger partial charge in [-0.2, -0.15) is 15.0 Å². The third-order valence-corrected chi connectivity index (χ3v) is 2.61. The van der Waals surface area contributed by atoms with E-state index in [1.54, 1.807) is 0 Å². The molecule has 0 radical (unpaired) electrons. The average molecular weight is 279 g/mol. The summed E-state index contributed by atoms with van der Waals surface area (Å²) in [6.45, 7) is 4.73. The van der Waals surface area contributed by atoms with Crippen LogP contribution in [0.2, 0.25) is 5.28 Å². The van der Waals surface area contributed by atoms with Crippen LogP contribution in [0.5, 0.6) is 11.8 Å². The fraction of sp³-hybridized carbons (Fsp3) is 0.308. The van der Waals surface area contributed by atoms with Crippen LogP contribution in [0.4, 0.5) is 5.95 Å². The number of hydrogen-bond donors (Lipinski definition) is 1. The maximum atomic E-state index is 5.83. The predicted molar refractivity (Wildman–Crippen MR) is 74.9 cm³/mol. The third kappa shape index (κ3) is 3.79. The molecule has 0 unspecified atom stereocenters. The van der Waals surface area contributed by atoms with Gasteiger partial charge < -0.3 is 10.1 Å². The normalized spacial score (nSPS) is 10.3. The van der Waals surface area contributed by atoms with E-state index in [9.17, 15) is 0 Å². The van der Waals surface area contributed by atoms with E-state index in [2.05, 4.69) is 27.2 Å². The molecule has 1 heterocycles. The SMILES string of the molecule is CCNc1nc(Cl)nc(Oc2cccc(CC)c2)n1. The van der Waals surface area contributed by atoms with E-state index in [1.165, 1.54) is 5.56 Å². The smallest absolute Gasteiger partial charge is 0.328 e. The van der Waals surface area contributed by atoms with Crippen molar-refractivity contribution in [2.75, 3.05) is 11.9 Å². The van der Waals surface area contributed by atoms with Gasteiger partial charge in [0, 0.05) is 6.54 Å². The van der Waals surface area contributed by atoms with Crippen molar-refractivity contribution in [1.29, 1.82) is 0 Å². The van der Waals surface area contributed by atoms with Crippen molar-refractivity contribution in [2.24, 2.45) is 0 Å². The summed E-state index contributed by atoms with van der Waals surface area (Å²) in [5, 5.41) is 3.07. The average Bonchev–Trinajstić information content (AvgIpc) is 2.38. The molecule has 1 N–H and O–H groups in total. The first-order valence-electron chi connectivity index (χ1n) is 6.13. The van der Waals surface area contributed by atoms with Gasteiger partial charge in [-0.3, -0.25) is 0 Å². The molecule has 1 aromatic carbocycles. The minimum Gasteiger partial charge on any atom is -0.424 e. The van der Waals surface area contributed by atoms with E-state index in [0.29, 0.717) is 18.2 Å². The van der Waals surface area contributed by atoms with Crippen molar-refractivity contribution in [3.63, 3.8) is 0 Å². The van der Waals surface area contributed by atoms with E-state index in [4.69, 9.17) is 16.3 Å². The summed E-state index contributed by atoms with van der Waals surface area (Å²) in [5.41, 5.74) is 1.18. The Morgan fingerprint density at radius 1 is 1.21 bits per heavy atom. The first-order chi connectivity index (χ1) is 9.21. The summed E-state index contributed by atoms with van der Waals surface area (Å²) in [6.07, 6.45) is 0.942. The zero-order chi connectivity index (χ0) is 13.7. The molecule has 1 aromatic heterocycles. The topological polar surface area (TPSA) is 59.9 Å². The number of benzene rings is 1. The van der Waals surface area contributed by atoms with Crippen molar-refractivity contribution in [3.8, 4) is 11.8 Å². The Hall–Kier alpha value is -1.88. The number of halogens is 1. The van der Waals surface area contributed by atoms with Gasteiger partial charge >= 0.3 is 6.01 Å². The zero-order valence-electron chi connectivity index (χ0n) is 10.9. The molecule has 2 rings (SSSR count). The number of nitrogens with one attached hydrogen (secondary N) is 1. The Balaban J connectivity index is 2.22. The van der Waals surface area contributed by atoms with E-state index in [-0.39, 0.29) is 11.3 Å². The summed E-state index contributed by atoms with van der Waals surface area (Å²) >= 11 is 5.83. The van der Waals surface area contributed by atoms with E-state index < -0.39 is 0 Å². The minimum absolute atomic E-state index is 0.104. The highest BCUT2D eigenvalue weighted by atomic mass is 35.5. The fourth-order valence-electron chi connectivity index (χ4n) is 1.55. The number of hydrogen-bond acceptors (Lipinski definition) is 5. The standard InChI is InChI=1S/C13H15ClN4O/c1-3-9-6-5-7-10(8-9)19-13-17-11(14)16-12(18-13)15-4-2/h5-8H,3-4H2,1-2H3,(H,15,16,17,18). The minimum atomic E-state index is 0.104.